The van der Waals surface area contributed by atoms with Gasteiger partial charge >= 0.3 is 0 Å². The summed E-state index contributed by atoms with van der Waals surface area (Å²) in [6.07, 6.45) is 8.70. The predicted octanol–water partition coefficient (Wildman–Crippen LogP) is 3.00. The van der Waals surface area contributed by atoms with Gasteiger partial charge in [-0.25, -0.2) is 0 Å². The lowest BCUT2D eigenvalue weighted by molar-refractivity contribution is -0.128. The number of rotatable bonds is 5. The van der Waals surface area contributed by atoms with Gasteiger partial charge in [0.1, 0.15) is 0 Å². The largest absolute Gasteiger partial charge is 0.393 e. The summed E-state index contributed by atoms with van der Waals surface area (Å²) in [4.78, 5) is 12.2. The summed E-state index contributed by atoms with van der Waals surface area (Å²) in [5.74, 6) is 1.85. The van der Waals surface area contributed by atoms with Crippen LogP contribution in [-0.4, -0.2) is 28.0 Å². The first-order chi connectivity index (χ1) is 9.38. The maximum Gasteiger partial charge on any atom is 0.220 e. The first-order valence-electron chi connectivity index (χ1n) is 8.02. The molecule has 4 saturated carbocycles. The zero-order valence-corrected chi connectivity index (χ0v) is 13.9. The lowest BCUT2D eigenvalue weighted by Crippen LogP contribution is -2.54. The van der Waals surface area contributed by atoms with Crippen LogP contribution in [0.25, 0.3) is 0 Å². The van der Waals surface area contributed by atoms with Crippen LogP contribution in [0, 0.1) is 17.3 Å². The van der Waals surface area contributed by atoms with Crippen LogP contribution in [0.4, 0.5) is 0 Å². The van der Waals surface area contributed by atoms with Crippen molar-refractivity contribution >= 4 is 21.8 Å². The molecule has 4 rings (SSSR count). The Kier molecular flexibility index (Phi) is 3.91. The molecule has 1 amide bonds. The first-order valence-corrected chi connectivity index (χ1v) is 8.81. The number of halogens is 1. The number of nitrogens with one attached hydrogen (secondary N) is 1. The van der Waals surface area contributed by atoms with Crippen molar-refractivity contribution in [2.24, 2.45) is 17.3 Å². The topological polar surface area (TPSA) is 49.3 Å². The van der Waals surface area contributed by atoms with Gasteiger partial charge in [-0.15, -0.1) is 0 Å². The molecule has 4 heteroatoms. The fraction of sp³-hybridized carbons (Fsp3) is 0.938. The quantitative estimate of drug-likeness (QED) is 0.754. The summed E-state index contributed by atoms with van der Waals surface area (Å²) < 4.78 is 0.330. The number of aliphatic hydroxyl groups is 1. The smallest absolute Gasteiger partial charge is 0.220 e. The normalized spacial score (nSPS) is 43.5. The number of alkyl halides is 1. The van der Waals surface area contributed by atoms with Gasteiger partial charge in [-0.2, -0.15) is 0 Å². The lowest BCUT2D eigenvalue weighted by Gasteiger charge is -2.60. The standard InChI is InChI=1S/C16H26BrNO2/c1-11(19)2-3-18-14(20)9-15-5-12-4-13(6-15)8-16(17,7-12)10-15/h11-13,19H,2-10H2,1H3,(H,18,20). The molecule has 20 heavy (non-hydrogen) atoms. The van der Waals surface area contributed by atoms with Crippen molar-refractivity contribution in [2.45, 2.75) is 68.7 Å². The van der Waals surface area contributed by atoms with Crippen LogP contribution < -0.4 is 5.32 Å². The van der Waals surface area contributed by atoms with E-state index in [1.807, 2.05) is 0 Å². The van der Waals surface area contributed by atoms with Gasteiger partial charge in [-0.3, -0.25) is 4.79 Å². The summed E-state index contributed by atoms with van der Waals surface area (Å²) in [6, 6.07) is 0. The van der Waals surface area contributed by atoms with Gasteiger partial charge in [-0.05, 0) is 69.1 Å². The molecule has 4 aliphatic rings. The summed E-state index contributed by atoms with van der Waals surface area (Å²) in [7, 11) is 0. The highest BCUT2D eigenvalue weighted by atomic mass is 79.9. The molecule has 0 aromatic rings. The Balaban J connectivity index is 1.58. The van der Waals surface area contributed by atoms with E-state index < -0.39 is 0 Å². The predicted molar refractivity (Wildman–Crippen MR) is 82.7 cm³/mol. The fourth-order valence-corrected chi connectivity index (χ4v) is 6.88. The number of carbonyl (C=O) groups is 1. The minimum atomic E-state index is -0.333. The van der Waals surface area contributed by atoms with Gasteiger partial charge in [0.2, 0.25) is 5.91 Å². The molecule has 4 fully saturated rings. The number of carbonyl (C=O) groups excluding carboxylic acids is 1. The van der Waals surface area contributed by atoms with E-state index in [0.29, 0.717) is 23.7 Å². The van der Waals surface area contributed by atoms with Crippen molar-refractivity contribution in [1.29, 1.82) is 0 Å². The van der Waals surface area contributed by atoms with Gasteiger partial charge in [-0.1, -0.05) is 15.9 Å². The van der Waals surface area contributed by atoms with Crippen molar-refractivity contribution < 1.29 is 9.90 Å². The third-order valence-electron chi connectivity index (χ3n) is 5.53. The van der Waals surface area contributed by atoms with E-state index in [1.165, 1.54) is 38.5 Å². The molecule has 4 aliphatic carbocycles. The molecule has 3 atom stereocenters. The van der Waals surface area contributed by atoms with Crippen LogP contribution >= 0.6 is 15.9 Å². The second-order valence-electron chi connectivity index (χ2n) is 7.78. The molecule has 0 radical (unpaired) electrons. The van der Waals surface area contributed by atoms with Crippen molar-refractivity contribution in [3.05, 3.63) is 0 Å². The lowest BCUT2D eigenvalue weighted by atomic mass is 9.48. The second kappa shape index (κ2) is 5.28. The van der Waals surface area contributed by atoms with Crippen molar-refractivity contribution in [3.63, 3.8) is 0 Å². The minimum Gasteiger partial charge on any atom is -0.393 e. The highest BCUT2D eigenvalue weighted by molar-refractivity contribution is 9.10. The molecular formula is C16H26BrNO2. The summed E-state index contributed by atoms with van der Waals surface area (Å²) in [5, 5.41) is 12.2. The van der Waals surface area contributed by atoms with Gasteiger partial charge in [0.05, 0.1) is 6.10 Å². The average molecular weight is 344 g/mol. The Morgan fingerprint density at radius 2 is 2.00 bits per heavy atom. The highest BCUT2D eigenvalue weighted by Crippen LogP contribution is 2.65. The van der Waals surface area contributed by atoms with E-state index in [-0.39, 0.29) is 17.4 Å². The SMILES string of the molecule is CC(O)CCNC(=O)CC12CC3CC(CC(Br)(C3)C1)C2. The van der Waals surface area contributed by atoms with Crippen molar-refractivity contribution in [1.82, 2.24) is 5.32 Å². The molecular weight excluding hydrogens is 318 g/mol. The Hall–Kier alpha value is -0.0900. The van der Waals surface area contributed by atoms with Gasteiger partial charge in [0.25, 0.3) is 0 Å². The van der Waals surface area contributed by atoms with Crippen LogP contribution in [0.15, 0.2) is 0 Å². The van der Waals surface area contributed by atoms with Crippen LogP contribution in [-0.2, 0) is 4.79 Å². The number of aliphatic hydroxyl groups excluding tert-OH is 1. The second-order valence-corrected chi connectivity index (χ2v) is 9.46. The van der Waals surface area contributed by atoms with Crippen LogP contribution in [0.3, 0.4) is 0 Å². The van der Waals surface area contributed by atoms with E-state index >= 15 is 0 Å². The van der Waals surface area contributed by atoms with Gasteiger partial charge in [0.15, 0.2) is 0 Å². The van der Waals surface area contributed by atoms with Crippen LogP contribution in [0.5, 0.6) is 0 Å². The highest BCUT2D eigenvalue weighted by Gasteiger charge is 2.57. The maximum absolute atomic E-state index is 12.2. The minimum absolute atomic E-state index is 0.184. The Bertz CT molecular complexity index is 382. The van der Waals surface area contributed by atoms with Gasteiger partial charge < -0.3 is 10.4 Å². The molecule has 0 heterocycles. The molecule has 3 unspecified atom stereocenters. The molecule has 0 aromatic carbocycles. The molecule has 2 N–H and O–H groups in total. The zero-order valence-electron chi connectivity index (χ0n) is 12.3. The van der Waals surface area contributed by atoms with Crippen LogP contribution in [0.2, 0.25) is 0 Å². The van der Waals surface area contributed by atoms with E-state index in [2.05, 4.69) is 21.2 Å². The van der Waals surface area contributed by atoms with E-state index in [4.69, 9.17) is 0 Å². The number of hydrogen-bond donors (Lipinski definition) is 2. The molecule has 0 spiro atoms. The van der Waals surface area contributed by atoms with Crippen molar-refractivity contribution in [3.8, 4) is 0 Å². The van der Waals surface area contributed by atoms with Crippen molar-refractivity contribution in [2.75, 3.05) is 6.54 Å². The first kappa shape index (κ1) is 14.8. The molecule has 114 valence electrons. The maximum atomic E-state index is 12.2. The monoisotopic (exact) mass is 343 g/mol. The third kappa shape index (κ3) is 3.06. The van der Waals surface area contributed by atoms with E-state index in [1.54, 1.807) is 6.92 Å². The molecule has 4 bridgehead atoms. The molecule has 0 saturated heterocycles. The van der Waals surface area contributed by atoms with E-state index in [9.17, 15) is 9.90 Å². The molecule has 3 nitrogen and oxygen atoms in total. The number of amides is 1. The summed E-state index contributed by atoms with van der Waals surface area (Å²) in [6.45, 7) is 2.36. The zero-order chi connectivity index (χ0) is 14.4. The molecule has 0 aliphatic heterocycles. The Morgan fingerprint density at radius 3 is 2.55 bits per heavy atom. The van der Waals surface area contributed by atoms with Crippen LogP contribution in [0.1, 0.15) is 58.3 Å². The summed E-state index contributed by atoms with van der Waals surface area (Å²) in [5.41, 5.74) is 0.252. The number of hydrogen-bond acceptors (Lipinski definition) is 2. The Morgan fingerprint density at radius 1 is 1.35 bits per heavy atom. The third-order valence-corrected chi connectivity index (χ3v) is 6.46. The fourth-order valence-electron chi connectivity index (χ4n) is 5.37. The summed E-state index contributed by atoms with van der Waals surface area (Å²) >= 11 is 3.99. The van der Waals surface area contributed by atoms with E-state index in [0.717, 1.165) is 11.8 Å². The Labute approximate surface area is 130 Å². The van der Waals surface area contributed by atoms with Gasteiger partial charge in [0, 0.05) is 17.3 Å². The average Bonchev–Trinajstić information content (AvgIpc) is 2.23. The molecule has 0 aromatic heterocycles.